The van der Waals surface area contributed by atoms with Crippen molar-refractivity contribution in [1.82, 2.24) is 19.3 Å². The number of aryl methyl sites for hydroxylation is 1. The van der Waals surface area contributed by atoms with Crippen molar-refractivity contribution in [2.45, 2.75) is 33.9 Å². The zero-order chi connectivity index (χ0) is 26.6. The number of carbonyl (C=O) groups excluding carboxylic acids is 2. The van der Waals surface area contributed by atoms with Crippen LogP contribution in [0.1, 0.15) is 23.9 Å². The van der Waals surface area contributed by atoms with Crippen molar-refractivity contribution in [3.05, 3.63) is 78.2 Å². The van der Waals surface area contributed by atoms with E-state index in [1.165, 1.54) is 13.8 Å². The number of nitrogens with zero attached hydrogens (tertiary/aromatic N) is 5. The number of esters is 1. The summed E-state index contributed by atoms with van der Waals surface area (Å²) in [4.78, 5) is 63.8. The fourth-order valence-electron chi connectivity index (χ4n) is 3.71. The van der Waals surface area contributed by atoms with Crippen molar-refractivity contribution in [1.29, 1.82) is 0 Å². The summed E-state index contributed by atoms with van der Waals surface area (Å²) in [6.45, 7) is 3.33. The molecule has 14 heteroatoms. The summed E-state index contributed by atoms with van der Waals surface area (Å²) < 4.78 is 7.26. The van der Waals surface area contributed by atoms with E-state index in [9.17, 15) is 29.3 Å². The van der Waals surface area contributed by atoms with Gasteiger partial charge in [-0.1, -0.05) is 30.3 Å². The smallest absolute Gasteiger partial charge is 0.330 e. The number of rotatable bonds is 9. The first-order chi connectivity index (χ1) is 17.0. The maximum absolute atomic E-state index is 12.8. The molecule has 1 aromatic carbocycles. The molecule has 0 radical (unpaired) electrons. The highest BCUT2D eigenvalue weighted by Gasteiger charge is 2.26. The maximum Gasteiger partial charge on any atom is 0.330 e. The van der Waals surface area contributed by atoms with Crippen LogP contribution in [-0.2, 0) is 27.4 Å². The van der Waals surface area contributed by atoms with Gasteiger partial charge in [0.25, 0.3) is 11.5 Å². The van der Waals surface area contributed by atoms with Crippen LogP contribution in [0.15, 0.2) is 39.9 Å². The lowest BCUT2D eigenvalue weighted by atomic mass is 10.2. The number of benzene rings is 1. The molecule has 1 amide bonds. The van der Waals surface area contributed by atoms with E-state index in [4.69, 9.17) is 10.5 Å². The van der Waals surface area contributed by atoms with Gasteiger partial charge < -0.3 is 15.4 Å². The lowest BCUT2D eigenvalue weighted by molar-refractivity contribution is -0.386. The van der Waals surface area contributed by atoms with Crippen LogP contribution in [0.3, 0.4) is 0 Å². The lowest BCUT2D eigenvalue weighted by Gasteiger charge is -2.23. The Morgan fingerprint density at radius 3 is 2.47 bits per heavy atom. The number of H-pyrrole nitrogens is 1. The highest BCUT2D eigenvalue weighted by molar-refractivity contribution is 5.97. The topological polar surface area (TPSA) is 188 Å². The van der Waals surface area contributed by atoms with Gasteiger partial charge in [-0.05, 0) is 26.3 Å². The number of hydrogen-bond donors (Lipinski definition) is 2. The van der Waals surface area contributed by atoms with Gasteiger partial charge in [-0.25, -0.2) is 4.79 Å². The standard InChI is InChI=1S/C22H25N7O7/c1-4-26(16(30)12-36-17(31)11-28-14(3)18(29(34)35)13(2)25-28)19-20(23)27(22(33)24-21(19)32)10-15-8-6-5-7-9-15/h5-9H,4,10-12,23H2,1-3H3,(H,24,32,33). The number of hydrogen-bond acceptors (Lipinski definition) is 9. The van der Waals surface area contributed by atoms with Gasteiger partial charge in [-0.3, -0.25) is 38.7 Å². The summed E-state index contributed by atoms with van der Waals surface area (Å²) in [6, 6.07) is 8.92. The molecule has 0 spiro atoms. The molecule has 0 unspecified atom stereocenters. The summed E-state index contributed by atoms with van der Waals surface area (Å²) in [5, 5.41) is 15.1. The number of nitrogen functional groups attached to an aromatic ring is 1. The SMILES string of the molecule is CCN(C(=O)COC(=O)Cn1nc(C)c([N+](=O)[O-])c1C)c1c(N)n(Cc2ccccc2)c(=O)[nH]c1=O. The minimum Gasteiger partial charge on any atom is -0.454 e. The van der Waals surface area contributed by atoms with Crippen LogP contribution in [-0.4, -0.2) is 49.3 Å². The van der Waals surface area contributed by atoms with Crippen LogP contribution in [0.4, 0.5) is 17.2 Å². The highest BCUT2D eigenvalue weighted by Crippen LogP contribution is 2.22. The minimum absolute atomic E-state index is 0.00312. The first-order valence-electron chi connectivity index (χ1n) is 10.9. The van der Waals surface area contributed by atoms with E-state index >= 15 is 0 Å². The number of ether oxygens (including phenoxy) is 1. The average Bonchev–Trinajstić information content (AvgIpc) is 3.11. The first kappa shape index (κ1) is 25.9. The van der Waals surface area contributed by atoms with Crippen LogP contribution in [0.5, 0.6) is 0 Å². The van der Waals surface area contributed by atoms with Gasteiger partial charge >= 0.3 is 17.3 Å². The van der Waals surface area contributed by atoms with E-state index in [1.54, 1.807) is 31.2 Å². The van der Waals surface area contributed by atoms with Crippen molar-refractivity contribution in [3.8, 4) is 0 Å². The molecular weight excluding hydrogens is 474 g/mol. The summed E-state index contributed by atoms with van der Waals surface area (Å²) >= 11 is 0. The van der Waals surface area contributed by atoms with Crippen molar-refractivity contribution in [2.24, 2.45) is 0 Å². The molecule has 0 bridgehead atoms. The van der Waals surface area contributed by atoms with Gasteiger partial charge in [0.1, 0.15) is 23.8 Å². The number of nitro groups is 1. The summed E-state index contributed by atoms with van der Waals surface area (Å²) in [7, 11) is 0. The molecule has 0 aliphatic carbocycles. The number of likely N-dealkylation sites (N-methyl/N-ethyl adjacent to an activating group) is 1. The van der Waals surface area contributed by atoms with Crippen molar-refractivity contribution in [2.75, 3.05) is 23.8 Å². The second kappa shape index (κ2) is 10.7. The third-order valence-corrected chi connectivity index (χ3v) is 5.45. The number of aromatic nitrogens is 4. The Kier molecular flexibility index (Phi) is 7.67. The van der Waals surface area contributed by atoms with E-state index in [-0.39, 0.29) is 41.7 Å². The normalized spacial score (nSPS) is 10.8. The molecule has 0 aliphatic rings. The monoisotopic (exact) mass is 499 g/mol. The third kappa shape index (κ3) is 5.32. The van der Waals surface area contributed by atoms with E-state index in [2.05, 4.69) is 10.1 Å². The van der Waals surface area contributed by atoms with Crippen LogP contribution < -0.4 is 21.9 Å². The van der Waals surface area contributed by atoms with E-state index < -0.39 is 41.2 Å². The molecule has 0 aliphatic heterocycles. The predicted molar refractivity (Wildman–Crippen MR) is 129 cm³/mol. The fraction of sp³-hybridized carbons (Fsp3) is 0.318. The third-order valence-electron chi connectivity index (χ3n) is 5.45. The Morgan fingerprint density at radius 2 is 1.89 bits per heavy atom. The second-order valence-corrected chi connectivity index (χ2v) is 7.80. The Morgan fingerprint density at radius 1 is 1.22 bits per heavy atom. The zero-order valence-corrected chi connectivity index (χ0v) is 19.9. The van der Waals surface area contributed by atoms with Gasteiger partial charge in [0, 0.05) is 6.54 Å². The molecule has 14 nitrogen and oxygen atoms in total. The Hall–Kier alpha value is -4.75. The van der Waals surface area contributed by atoms with E-state index in [0.717, 1.165) is 19.7 Å². The van der Waals surface area contributed by atoms with E-state index in [0.29, 0.717) is 0 Å². The largest absolute Gasteiger partial charge is 0.454 e. The average molecular weight is 499 g/mol. The number of nitrogens with one attached hydrogen (secondary N) is 1. The van der Waals surface area contributed by atoms with Crippen LogP contribution in [0.2, 0.25) is 0 Å². The molecule has 3 aromatic rings. The van der Waals surface area contributed by atoms with Gasteiger partial charge in [-0.15, -0.1) is 0 Å². The molecule has 0 atom stereocenters. The van der Waals surface area contributed by atoms with Gasteiger partial charge in [0.05, 0.1) is 11.5 Å². The molecule has 0 saturated heterocycles. The molecule has 3 N–H and O–H groups in total. The molecule has 0 fully saturated rings. The minimum atomic E-state index is -0.865. The molecule has 0 saturated carbocycles. The Labute approximate surface area is 204 Å². The van der Waals surface area contributed by atoms with Gasteiger partial charge in [-0.2, -0.15) is 5.10 Å². The number of carbonyl (C=O) groups is 2. The Balaban J connectivity index is 1.77. The second-order valence-electron chi connectivity index (χ2n) is 7.80. The summed E-state index contributed by atoms with van der Waals surface area (Å²) in [6.07, 6.45) is 0. The molecule has 2 aromatic heterocycles. The zero-order valence-electron chi connectivity index (χ0n) is 19.9. The summed E-state index contributed by atoms with van der Waals surface area (Å²) in [5.74, 6) is -1.84. The van der Waals surface area contributed by atoms with Crippen molar-refractivity contribution >= 4 is 29.1 Å². The lowest BCUT2D eigenvalue weighted by Crippen LogP contribution is -2.42. The predicted octanol–water partition coefficient (Wildman–Crippen LogP) is 0.485. The van der Waals surface area contributed by atoms with Gasteiger partial charge in [0.15, 0.2) is 12.3 Å². The quantitative estimate of drug-likeness (QED) is 0.240. The first-order valence-corrected chi connectivity index (χ1v) is 10.9. The van der Waals surface area contributed by atoms with Crippen LogP contribution in [0, 0.1) is 24.0 Å². The van der Waals surface area contributed by atoms with Gasteiger partial charge in [0.2, 0.25) is 0 Å². The number of anilines is 2. The van der Waals surface area contributed by atoms with E-state index in [1.807, 2.05) is 6.07 Å². The van der Waals surface area contributed by atoms with Crippen LogP contribution in [0.25, 0.3) is 0 Å². The van der Waals surface area contributed by atoms with Crippen molar-refractivity contribution in [3.63, 3.8) is 0 Å². The van der Waals surface area contributed by atoms with Crippen LogP contribution >= 0.6 is 0 Å². The highest BCUT2D eigenvalue weighted by atomic mass is 16.6. The molecule has 190 valence electrons. The maximum atomic E-state index is 12.8. The molecule has 3 rings (SSSR count). The molecular formula is C22H25N7O7. The number of aromatic amines is 1. The molecule has 2 heterocycles. The fourth-order valence-corrected chi connectivity index (χ4v) is 3.71. The summed E-state index contributed by atoms with van der Waals surface area (Å²) in [5.41, 5.74) is 5.13. The number of amides is 1. The van der Waals surface area contributed by atoms with Crippen molar-refractivity contribution < 1.29 is 19.2 Å². The molecule has 36 heavy (non-hydrogen) atoms. The number of nitrogens with two attached hydrogens (primary N) is 1. The Bertz CT molecular complexity index is 1420.